The molecule has 2 rings (SSSR count). The van der Waals surface area contributed by atoms with E-state index in [9.17, 15) is 4.79 Å². The molecular formula is C13H19N3O. The largest absolute Gasteiger partial charge is 0.367 e. The summed E-state index contributed by atoms with van der Waals surface area (Å²) in [5.74, 6) is 1.03. The molecule has 1 aliphatic rings. The lowest BCUT2D eigenvalue weighted by Crippen LogP contribution is -2.25. The molecule has 1 aromatic heterocycles. The fourth-order valence-corrected chi connectivity index (χ4v) is 1.63. The second-order valence-electron chi connectivity index (χ2n) is 4.52. The Kier molecular flexibility index (Phi) is 3.61. The Morgan fingerprint density at radius 3 is 2.82 bits per heavy atom. The molecule has 0 aromatic carbocycles. The third-order valence-corrected chi connectivity index (χ3v) is 2.90. The molecule has 1 amide bonds. The maximum absolute atomic E-state index is 11.7. The van der Waals surface area contributed by atoms with Crippen molar-refractivity contribution in [2.24, 2.45) is 0 Å². The number of carbonyl (C=O) groups excluding carboxylic acids is 1. The van der Waals surface area contributed by atoms with Gasteiger partial charge in [0, 0.05) is 19.5 Å². The summed E-state index contributed by atoms with van der Waals surface area (Å²) in [5, 5.41) is 3.32. The number of hydrogen-bond donors (Lipinski definition) is 1. The van der Waals surface area contributed by atoms with E-state index in [-0.39, 0.29) is 5.91 Å². The van der Waals surface area contributed by atoms with Gasteiger partial charge < -0.3 is 10.2 Å². The van der Waals surface area contributed by atoms with Crippen LogP contribution in [-0.2, 0) is 4.79 Å². The summed E-state index contributed by atoms with van der Waals surface area (Å²) in [6.45, 7) is 2.01. The van der Waals surface area contributed by atoms with Crippen LogP contribution in [0.1, 0.15) is 32.6 Å². The third kappa shape index (κ3) is 3.19. The lowest BCUT2D eigenvalue weighted by Gasteiger charge is -2.16. The first-order valence-electron chi connectivity index (χ1n) is 6.20. The van der Waals surface area contributed by atoms with Crippen molar-refractivity contribution in [3.05, 3.63) is 18.3 Å². The van der Waals surface area contributed by atoms with E-state index in [0.717, 1.165) is 17.9 Å². The minimum absolute atomic E-state index is 0.136. The quantitative estimate of drug-likeness (QED) is 0.849. The number of carbonyl (C=O) groups is 1. The highest BCUT2D eigenvalue weighted by atomic mass is 16.2. The number of aromatic nitrogens is 1. The van der Waals surface area contributed by atoms with E-state index in [2.05, 4.69) is 10.3 Å². The van der Waals surface area contributed by atoms with Crippen molar-refractivity contribution in [3.8, 4) is 0 Å². The van der Waals surface area contributed by atoms with Gasteiger partial charge in [0.1, 0.15) is 5.82 Å². The molecule has 0 saturated heterocycles. The van der Waals surface area contributed by atoms with Crippen molar-refractivity contribution in [2.75, 3.05) is 17.3 Å². The van der Waals surface area contributed by atoms with Gasteiger partial charge in [-0.05, 0) is 31.4 Å². The Labute approximate surface area is 102 Å². The average Bonchev–Trinajstić information content (AvgIpc) is 3.13. The molecule has 92 valence electrons. The fraction of sp³-hybridized carbons (Fsp3) is 0.538. The normalized spacial score (nSPS) is 14.5. The number of pyridine rings is 1. The van der Waals surface area contributed by atoms with Crippen molar-refractivity contribution in [1.82, 2.24) is 4.98 Å². The Morgan fingerprint density at radius 1 is 1.53 bits per heavy atom. The number of nitrogens with one attached hydrogen (secondary N) is 1. The molecule has 0 unspecified atom stereocenters. The van der Waals surface area contributed by atoms with E-state index in [1.54, 1.807) is 18.1 Å². The molecule has 4 nitrogen and oxygen atoms in total. The van der Waals surface area contributed by atoms with Gasteiger partial charge in [-0.1, -0.05) is 6.92 Å². The molecule has 1 heterocycles. The molecule has 1 aromatic rings. The summed E-state index contributed by atoms with van der Waals surface area (Å²) in [6.07, 6.45) is 5.67. The topological polar surface area (TPSA) is 45.2 Å². The van der Waals surface area contributed by atoms with Gasteiger partial charge >= 0.3 is 0 Å². The summed E-state index contributed by atoms with van der Waals surface area (Å²) < 4.78 is 0. The van der Waals surface area contributed by atoms with Gasteiger partial charge in [-0.15, -0.1) is 0 Å². The molecule has 1 N–H and O–H groups in total. The van der Waals surface area contributed by atoms with E-state index in [1.165, 1.54) is 12.8 Å². The minimum Gasteiger partial charge on any atom is -0.367 e. The van der Waals surface area contributed by atoms with E-state index < -0.39 is 0 Å². The summed E-state index contributed by atoms with van der Waals surface area (Å²) in [5.41, 5.74) is 0.852. The van der Waals surface area contributed by atoms with Crippen LogP contribution in [0.15, 0.2) is 18.3 Å². The van der Waals surface area contributed by atoms with Crippen molar-refractivity contribution < 1.29 is 4.79 Å². The maximum Gasteiger partial charge on any atom is 0.226 e. The van der Waals surface area contributed by atoms with Crippen molar-refractivity contribution in [2.45, 2.75) is 38.6 Å². The van der Waals surface area contributed by atoms with Crippen molar-refractivity contribution >= 4 is 17.4 Å². The molecule has 0 atom stereocenters. The Bertz CT molecular complexity index is 384. The van der Waals surface area contributed by atoms with Crippen LogP contribution in [0.5, 0.6) is 0 Å². The van der Waals surface area contributed by atoms with Crippen LogP contribution in [0.2, 0.25) is 0 Å². The Balaban J connectivity index is 1.98. The summed E-state index contributed by atoms with van der Waals surface area (Å²) in [7, 11) is 1.79. The van der Waals surface area contributed by atoms with Crippen LogP contribution in [0.4, 0.5) is 11.5 Å². The molecule has 0 aliphatic heterocycles. The van der Waals surface area contributed by atoms with E-state index in [0.29, 0.717) is 12.5 Å². The van der Waals surface area contributed by atoms with Gasteiger partial charge in [-0.25, -0.2) is 4.98 Å². The van der Waals surface area contributed by atoms with E-state index >= 15 is 0 Å². The van der Waals surface area contributed by atoms with Gasteiger partial charge in [0.15, 0.2) is 0 Å². The van der Waals surface area contributed by atoms with Crippen LogP contribution < -0.4 is 10.2 Å². The molecule has 0 bridgehead atoms. The second-order valence-corrected chi connectivity index (χ2v) is 4.52. The van der Waals surface area contributed by atoms with Gasteiger partial charge in [0.2, 0.25) is 5.91 Å². The summed E-state index contributed by atoms with van der Waals surface area (Å²) in [4.78, 5) is 17.7. The van der Waals surface area contributed by atoms with E-state index in [4.69, 9.17) is 0 Å². The standard InChI is InChI=1S/C13H19N3O/c1-3-4-13(17)16(2)11-7-8-12(14-9-11)15-10-5-6-10/h7-10H,3-6H2,1-2H3,(H,14,15). The lowest BCUT2D eigenvalue weighted by atomic mass is 10.3. The van der Waals surface area contributed by atoms with Crippen LogP contribution in [-0.4, -0.2) is 24.0 Å². The average molecular weight is 233 g/mol. The van der Waals surface area contributed by atoms with Crippen molar-refractivity contribution in [3.63, 3.8) is 0 Å². The zero-order valence-corrected chi connectivity index (χ0v) is 10.4. The number of hydrogen-bond acceptors (Lipinski definition) is 3. The van der Waals surface area contributed by atoms with Gasteiger partial charge in [-0.2, -0.15) is 0 Å². The van der Waals surface area contributed by atoms with E-state index in [1.807, 2.05) is 19.1 Å². The monoisotopic (exact) mass is 233 g/mol. The fourth-order valence-electron chi connectivity index (χ4n) is 1.63. The first-order chi connectivity index (χ1) is 8.20. The van der Waals surface area contributed by atoms with Gasteiger partial charge in [-0.3, -0.25) is 4.79 Å². The van der Waals surface area contributed by atoms with Crippen LogP contribution >= 0.6 is 0 Å². The van der Waals surface area contributed by atoms with Crippen LogP contribution in [0.25, 0.3) is 0 Å². The Hall–Kier alpha value is -1.58. The number of amides is 1. The molecule has 4 heteroatoms. The van der Waals surface area contributed by atoms with Crippen LogP contribution in [0, 0.1) is 0 Å². The molecule has 17 heavy (non-hydrogen) atoms. The first-order valence-corrected chi connectivity index (χ1v) is 6.20. The number of rotatable bonds is 5. The highest BCUT2D eigenvalue weighted by molar-refractivity contribution is 5.92. The summed E-state index contributed by atoms with van der Waals surface area (Å²) in [6, 6.07) is 4.47. The number of nitrogens with zero attached hydrogens (tertiary/aromatic N) is 2. The van der Waals surface area contributed by atoms with Crippen LogP contribution in [0.3, 0.4) is 0 Å². The molecule has 1 fully saturated rings. The van der Waals surface area contributed by atoms with Gasteiger partial charge in [0.25, 0.3) is 0 Å². The zero-order valence-electron chi connectivity index (χ0n) is 10.4. The number of anilines is 2. The molecule has 1 aliphatic carbocycles. The predicted octanol–water partition coefficient (Wildman–Crippen LogP) is 2.42. The highest BCUT2D eigenvalue weighted by Crippen LogP contribution is 2.24. The SMILES string of the molecule is CCCC(=O)N(C)c1ccc(NC2CC2)nc1. The maximum atomic E-state index is 11.7. The van der Waals surface area contributed by atoms with Gasteiger partial charge in [0.05, 0.1) is 11.9 Å². The highest BCUT2D eigenvalue weighted by Gasteiger charge is 2.21. The minimum atomic E-state index is 0.136. The second kappa shape index (κ2) is 5.17. The molecular weight excluding hydrogens is 214 g/mol. The predicted molar refractivity (Wildman–Crippen MR) is 69.2 cm³/mol. The smallest absolute Gasteiger partial charge is 0.226 e. The Morgan fingerprint density at radius 2 is 2.29 bits per heavy atom. The zero-order chi connectivity index (χ0) is 12.3. The first kappa shape index (κ1) is 11.9. The van der Waals surface area contributed by atoms with Crippen molar-refractivity contribution in [1.29, 1.82) is 0 Å². The third-order valence-electron chi connectivity index (χ3n) is 2.90. The molecule has 1 saturated carbocycles. The summed E-state index contributed by atoms with van der Waals surface area (Å²) >= 11 is 0. The lowest BCUT2D eigenvalue weighted by molar-refractivity contribution is -0.118. The molecule has 0 radical (unpaired) electrons. The molecule has 0 spiro atoms.